The van der Waals surface area contributed by atoms with Gasteiger partial charge in [0.05, 0.1) is 57.5 Å². The number of benzene rings is 2. The highest BCUT2D eigenvalue weighted by Crippen LogP contribution is 2.47. The molecular weight excluding hydrogens is 740 g/mol. The molecule has 3 atom stereocenters. The number of ether oxygens (including phenoxy) is 2. The molecule has 6 heterocycles. The summed E-state index contributed by atoms with van der Waals surface area (Å²) < 4.78 is 93.8. The lowest BCUT2D eigenvalue weighted by atomic mass is 9.96. The highest BCUT2D eigenvalue weighted by Gasteiger charge is 2.42. The maximum Gasteiger partial charge on any atom is 0.407 e. The summed E-state index contributed by atoms with van der Waals surface area (Å²) in [5, 5.41) is 6.88. The normalized spacial score (nSPS) is 19.9. The summed E-state index contributed by atoms with van der Waals surface area (Å²) in [5.41, 5.74) is -1.09. The molecular formula is C38H38F3N7O6S. The molecule has 17 heteroatoms. The number of nitrogens with zero attached hydrogens (tertiary/aromatic N) is 6. The molecule has 13 nitrogen and oxygen atoms in total. The van der Waals surface area contributed by atoms with E-state index in [1.54, 1.807) is 46.0 Å². The summed E-state index contributed by atoms with van der Waals surface area (Å²) in [6, 6.07) is 11.4. The van der Waals surface area contributed by atoms with Crippen LogP contribution >= 0.6 is 0 Å². The van der Waals surface area contributed by atoms with Crippen molar-refractivity contribution < 1.29 is 35.9 Å². The highest BCUT2D eigenvalue weighted by atomic mass is 32.2. The van der Waals surface area contributed by atoms with Gasteiger partial charge in [-0.3, -0.25) is 13.8 Å². The Bertz CT molecular complexity index is 2660. The van der Waals surface area contributed by atoms with E-state index in [4.69, 9.17) is 9.47 Å². The Balaban J connectivity index is 1.49. The molecule has 2 aromatic carbocycles. The zero-order valence-electron chi connectivity index (χ0n) is 30.6. The SMILES string of the molecule is Cn1cc(-c2c3c4c(ncc5c4n(c(=O)n5C)[C@H]4C[C@H](NC(=O)OC(C)(C)C)[C@@H](C4)OCCC(F)(F)c4ccc-3cc4)n2S(=O)(=O)c2ccccc2)c(F)n1. The maximum absolute atomic E-state index is 16.0. The number of hydrogen-bond acceptors (Lipinski definition) is 8. The van der Waals surface area contributed by atoms with Gasteiger partial charge >= 0.3 is 11.8 Å². The van der Waals surface area contributed by atoms with Crippen LogP contribution in [0.1, 0.15) is 51.6 Å². The van der Waals surface area contributed by atoms with Crippen LogP contribution in [0, 0.1) is 5.95 Å². The number of alkyl carbamates (subject to hydrolysis) is 1. The number of rotatable bonds is 4. The summed E-state index contributed by atoms with van der Waals surface area (Å²) in [4.78, 5) is 31.9. The topological polar surface area (TPSA) is 144 Å². The molecule has 0 radical (unpaired) electrons. The van der Waals surface area contributed by atoms with Gasteiger partial charge < -0.3 is 14.8 Å². The predicted octanol–water partition coefficient (Wildman–Crippen LogP) is 6.24. The van der Waals surface area contributed by atoms with Gasteiger partial charge in [-0.15, -0.1) is 5.10 Å². The quantitative estimate of drug-likeness (QED) is 0.222. The summed E-state index contributed by atoms with van der Waals surface area (Å²) in [6.45, 7) is 4.76. The third kappa shape index (κ3) is 6.09. The molecule has 1 saturated carbocycles. The maximum atomic E-state index is 16.0. The first-order valence-corrected chi connectivity index (χ1v) is 19.1. The zero-order valence-corrected chi connectivity index (χ0v) is 31.4. The largest absolute Gasteiger partial charge is 0.444 e. The Morgan fingerprint density at radius 2 is 1.76 bits per heavy atom. The Hall–Kier alpha value is -5.42. The van der Waals surface area contributed by atoms with Crippen LogP contribution in [0.3, 0.4) is 0 Å². The number of carbonyl (C=O) groups excluding carboxylic acids is 1. The summed E-state index contributed by atoms with van der Waals surface area (Å²) in [6.07, 6.45) is 0.751. The van der Waals surface area contributed by atoms with Crippen LogP contribution in [0.15, 0.2) is 76.7 Å². The van der Waals surface area contributed by atoms with E-state index in [1.165, 1.54) is 69.7 Å². The van der Waals surface area contributed by atoms with Crippen LogP contribution in [0.4, 0.5) is 18.0 Å². The molecule has 0 spiro atoms. The summed E-state index contributed by atoms with van der Waals surface area (Å²) in [7, 11) is -1.52. The highest BCUT2D eigenvalue weighted by molar-refractivity contribution is 7.90. The van der Waals surface area contributed by atoms with Crippen molar-refractivity contribution >= 4 is 38.2 Å². The van der Waals surface area contributed by atoms with Gasteiger partial charge in [0.15, 0.2) is 5.65 Å². The standard InChI is InChI=1S/C38H38F3N7O6S/c1-37(2,3)54-35(49)43-26-17-23-18-28(26)53-16-15-38(40,41)22-13-11-21(12-14-22)29-30-32-27(46(5)36(50)47(23)32)19-42-34(30)48(31(29)25-20-45(4)44-33(25)39)55(51,52)24-9-7-6-8-10-24/h6-14,19-20,23,26,28H,15-18H2,1-5H3,(H,43,49)/t23-,26-,28+/m0/s1. The first kappa shape index (κ1) is 36.6. The average molecular weight is 778 g/mol. The number of fused-ring (bicyclic) bond motifs is 5. The monoisotopic (exact) mass is 777 g/mol. The van der Waals surface area contributed by atoms with Crippen molar-refractivity contribution in [2.24, 2.45) is 14.1 Å². The molecule has 6 aromatic rings. The van der Waals surface area contributed by atoms with E-state index in [0.29, 0.717) is 5.52 Å². The minimum Gasteiger partial charge on any atom is -0.444 e. The smallest absolute Gasteiger partial charge is 0.407 e. The number of aryl methyl sites for hydroxylation is 2. The summed E-state index contributed by atoms with van der Waals surface area (Å²) in [5.74, 6) is -4.33. The van der Waals surface area contributed by atoms with Crippen molar-refractivity contribution in [1.82, 2.24) is 33.2 Å². The number of amides is 1. The number of hydrogen-bond donors (Lipinski definition) is 1. The number of aromatic nitrogens is 6. The second kappa shape index (κ2) is 12.8. The molecule has 4 bridgehead atoms. The molecule has 4 aromatic heterocycles. The van der Waals surface area contributed by atoms with E-state index in [9.17, 15) is 18.0 Å². The number of halogens is 3. The second-order valence-electron chi connectivity index (χ2n) is 15.0. The Morgan fingerprint density at radius 3 is 2.42 bits per heavy atom. The van der Waals surface area contributed by atoms with E-state index >= 15 is 13.2 Å². The van der Waals surface area contributed by atoms with E-state index in [1.807, 2.05) is 0 Å². The third-order valence-corrected chi connectivity index (χ3v) is 11.9. The van der Waals surface area contributed by atoms with Crippen LogP contribution in [0.5, 0.6) is 0 Å². The number of pyridine rings is 1. The van der Waals surface area contributed by atoms with Crippen LogP contribution in [0.2, 0.25) is 0 Å². The van der Waals surface area contributed by atoms with Gasteiger partial charge in [0.2, 0.25) is 5.95 Å². The summed E-state index contributed by atoms with van der Waals surface area (Å²) >= 11 is 0. The van der Waals surface area contributed by atoms with Gasteiger partial charge in [-0.25, -0.2) is 35.7 Å². The van der Waals surface area contributed by atoms with Gasteiger partial charge in [-0.2, -0.15) is 4.39 Å². The van der Waals surface area contributed by atoms with Crippen LogP contribution in [-0.4, -0.2) is 66.7 Å². The molecule has 1 aliphatic carbocycles. The van der Waals surface area contributed by atoms with Crippen molar-refractivity contribution in [3.05, 3.63) is 89.0 Å². The van der Waals surface area contributed by atoms with Crippen LogP contribution in [-0.2, 0) is 39.5 Å². The minimum absolute atomic E-state index is 0.125. The molecule has 3 aliphatic rings. The molecule has 9 rings (SSSR count). The predicted molar refractivity (Wildman–Crippen MR) is 197 cm³/mol. The van der Waals surface area contributed by atoms with Crippen molar-refractivity contribution in [1.29, 1.82) is 0 Å². The first-order chi connectivity index (χ1) is 26.0. The number of imidazole rings is 1. The lowest BCUT2D eigenvalue weighted by Crippen LogP contribution is -2.44. The van der Waals surface area contributed by atoms with E-state index in [0.717, 1.165) is 3.97 Å². The number of alkyl halides is 2. The lowest BCUT2D eigenvalue weighted by molar-refractivity contribution is -0.0556. The van der Waals surface area contributed by atoms with Crippen molar-refractivity contribution in [3.63, 3.8) is 0 Å². The van der Waals surface area contributed by atoms with Crippen molar-refractivity contribution in [2.45, 2.75) is 74.6 Å². The lowest BCUT2D eigenvalue weighted by Gasteiger charge is -2.25. The van der Waals surface area contributed by atoms with E-state index in [-0.39, 0.29) is 68.8 Å². The molecule has 0 unspecified atom stereocenters. The van der Waals surface area contributed by atoms with Gasteiger partial charge in [0.25, 0.3) is 15.9 Å². The fraction of sp³-hybridized carbons (Fsp3) is 0.368. The van der Waals surface area contributed by atoms with Gasteiger partial charge in [-0.05, 0) is 51.3 Å². The molecule has 1 amide bonds. The fourth-order valence-electron chi connectivity index (χ4n) is 7.80. The van der Waals surface area contributed by atoms with Gasteiger partial charge in [0, 0.05) is 43.9 Å². The zero-order chi connectivity index (χ0) is 39.2. The molecule has 1 fully saturated rings. The van der Waals surface area contributed by atoms with E-state index < -0.39 is 63.9 Å². The molecule has 288 valence electrons. The molecule has 1 N–H and O–H groups in total. The van der Waals surface area contributed by atoms with E-state index in [2.05, 4.69) is 15.4 Å². The van der Waals surface area contributed by atoms with Crippen molar-refractivity contribution in [2.75, 3.05) is 6.61 Å². The first-order valence-electron chi connectivity index (χ1n) is 17.7. The Kier molecular flexibility index (Phi) is 8.53. The van der Waals surface area contributed by atoms with Gasteiger partial charge in [0.1, 0.15) is 5.60 Å². The molecule has 55 heavy (non-hydrogen) atoms. The second-order valence-corrected chi connectivity index (χ2v) is 16.8. The Labute approximate surface area is 313 Å². The molecule has 2 aliphatic heterocycles. The van der Waals surface area contributed by atoms with Crippen molar-refractivity contribution in [3.8, 4) is 22.4 Å². The van der Waals surface area contributed by atoms with Crippen LogP contribution < -0.4 is 11.0 Å². The van der Waals surface area contributed by atoms with Crippen LogP contribution in [0.25, 0.3) is 44.5 Å². The minimum atomic E-state index is -4.56. The molecule has 0 saturated heterocycles. The van der Waals surface area contributed by atoms with Gasteiger partial charge in [-0.1, -0.05) is 42.5 Å². The number of nitrogens with one attached hydrogen (secondary N) is 1. The third-order valence-electron chi connectivity index (χ3n) is 10.2. The fourth-order valence-corrected chi connectivity index (χ4v) is 9.31. The number of carbonyl (C=O) groups is 1. The average Bonchev–Trinajstić information content (AvgIpc) is 3.84. The Morgan fingerprint density at radius 1 is 1.05 bits per heavy atom.